The smallest absolute Gasteiger partial charge is 0.242 e. The van der Waals surface area contributed by atoms with Crippen molar-refractivity contribution in [1.29, 1.82) is 0 Å². The molecule has 5 nitrogen and oxygen atoms in total. The zero-order valence-corrected chi connectivity index (χ0v) is 13.0. The Labute approximate surface area is 130 Å². The van der Waals surface area contributed by atoms with Crippen LogP contribution in [-0.2, 0) is 11.3 Å². The molecule has 1 aliphatic heterocycles. The van der Waals surface area contributed by atoms with Gasteiger partial charge in [0.15, 0.2) is 0 Å². The van der Waals surface area contributed by atoms with Crippen molar-refractivity contribution in [3.05, 3.63) is 53.5 Å². The quantitative estimate of drug-likeness (QED) is 0.868. The van der Waals surface area contributed by atoms with Crippen LogP contribution in [0.4, 0.5) is 5.82 Å². The van der Waals surface area contributed by atoms with E-state index in [4.69, 9.17) is 0 Å². The molecule has 114 valence electrons. The average Bonchev–Trinajstić information content (AvgIpc) is 2.49. The van der Waals surface area contributed by atoms with Gasteiger partial charge in [0.2, 0.25) is 5.91 Å². The summed E-state index contributed by atoms with van der Waals surface area (Å²) in [7, 11) is 0. The first-order valence-corrected chi connectivity index (χ1v) is 7.51. The maximum atomic E-state index is 12.4. The van der Waals surface area contributed by atoms with Crippen LogP contribution < -0.4 is 4.90 Å². The summed E-state index contributed by atoms with van der Waals surface area (Å²) in [6.45, 7) is 6.40. The third-order valence-electron chi connectivity index (χ3n) is 3.81. The number of anilines is 1. The number of rotatable bonds is 3. The Hall–Kier alpha value is -2.43. The second-order valence-corrected chi connectivity index (χ2v) is 5.64. The molecule has 22 heavy (non-hydrogen) atoms. The highest BCUT2D eigenvalue weighted by Gasteiger charge is 2.25. The molecule has 0 spiro atoms. The van der Waals surface area contributed by atoms with Crippen LogP contribution in [0.5, 0.6) is 0 Å². The van der Waals surface area contributed by atoms with Gasteiger partial charge in [-0.05, 0) is 19.4 Å². The molecule has 2 aromatic rings. The predicted molar refractivity (Wildman–Crippen MR) is 85.6 cm³/mol. The molecule has 0 aliphatic carbocycles. The molecule has 1 fully saturated rings. The van der Waals surface area contributed by atoms with E-state index in [1.165, 1.54) is 0 Å². The molecule has 3 rings (SSSR count). The van der Waals surface area contributed by atoms with Gasteiger partial charge >= 0.3 is 0 Å². The van der Waals surface area contributed by atoms with Gasteiger partial charge in [0.25, 0.3) is 0 Å². The molecule has 1 amide bonds. The number of carbonyl (C=O) groups excluding carboxylic acids is 1. The zero-order chi connectivity index (χ0) is 15.5. The Bertz CT molecular complexity index is 651. The van der Waals surface area contributed by atoms with Gasteiger partial charge in [-0.2, -0.15) is 0 Å². The minimum Gasteiger partial charge on any atom is -0.345 e. The van der Waals surface area contributed by atoms with Crippen LogP contribution in [0.15, 0.2) is 36.4 Å². The molecule has 0 N–H and O–H groups in total. The van der Waals surface area contributed by atoms with Gasteiger partial charge in [-0.25, -0.2) is 9.97 Å². The lowest BCUT2D eigenvalue weighted by Gasteiger charge is -2.35. The van der Waals surface area contributed by atoms with Crippen LogP contribution in [0, 0.1) is 13.8 Å². The van der Waals surface area contributed by atoms with Crippen molar-refractivity contribution in [1.82, 2.24) is 14.9 Å². The van der Waals surface area contributed by atoms with Gasteiger partial charge in [0.1, 0.15) is 11.6 Å². The van der Waals surface area contributed by atoms with E-state index in [-0.39, 0.29) is 5.91 Å². The molecule has 1 aromatic carbocycles. The maximum absolute atomic E-state index is 12.4. The molecule has 1 saturated heterocycles. The van der Waals surface area contributed by atoms with Crippen molar-refractivity contribution in [3.8, 4) is 0 Å². The zero-order valence-electron chi connectivity index (χ0n) is 13.0. The number of hydrogen-bond donors (Lipinski definition) is 0. The molecule has 0 unspecified atom stereocenters. The summed E-state index contributed by atoms with van der Waals surface area (Å²) in [5.41, 5.74) is 2.10. The maximum Gasteiger partial charge on any atom is 0.242 e. The van der Waals surface area contributed by atoms with Crippen molar-refractivity contribution in [2.24, 2.45) is 0 Å². The van der Waals surface area contributed by atoms with Crippen LogP contribution in [0.25, 0.3) is 0 Å². The molecular weight excluding hydrogens is 276 g/mol. The lowest BCUT2D eigenvalue weighted by molar-refractivity contribution is -0.131. The van der Waals surface area contributed by atoms with Crippen molar-refractivity contribution >= 4 is 11.7 Å². The van der Waals surface area contributed by atoms with Crippen LogP contribution in [0.3, 0.4) is 0 Å². The number of aromatic nitrogens is 2. The summed E-state index contributed by atoms with van der Waals surface area (Å²) in [5.74, 6) is 1.73. The lowest BCUT2D eigenvalue weighted by Crippen LogP contribution is -2.50. The van der Waals surface area contributed by atoms with Crippen LogP contribution in [0.2, 0.25) is 0 Å². The fourth-order valence-corrected chi connectivity index (χ4v) is 2.73. The Balaban J connectivity index is 1.68. The normalized spacial score (nSPS) is 15.3. The number of hydrogen-bond acceptors (Lipinski definition) is 4. The summed E-state index contributed by atoms with van der Waals surface area (Å²) in [4.78, 5) is 25.1. The van der Waals surface area contributed by atoms with Gasteiger partial charge in [-0.3, -0.25) is 4.79 Å². The minimum absolute atomic E-state index is 0.143. The van der Waals surface area contributed by atoms with E-state index >= 15 is 0 Å². The van der Waals surface area contributed by atoms with E-state index in [0.29, 0.717) is 13.1 Å². The molecule has 0 atom stereocenters. The van der Waals surface area contributed by atoms with Crippen molar-refractivity contribution < 1.29 is 4.79 Å². The summed E-state index contributed by atoms with van der Waals surface area (Å²) in [6, 6.07) is 12.0. The summed E-state index contributed by atoms with van der Waals surface area (Å²) < 4.78 is 0. The van der Waals surface area contributed by atoms with Crippen LogP contribution >= 0.6 is 0 Å². The number of amides is 1. The SMILES string of the molecule is Cc1cc(N2CCN(Cc3ccccc3)C(=O)C2)nc(C)n1. The Morgan fingerprint density at radius 2 is 1.86 bits per heavy atom. The van der Waals surface area contributed by atoms with E-state index in [2.05, 4.69) is 22.1 Å². The second kappa shape index (κ2) is 6.13. The van der Waals surface area contributed by atoms with Gasteiger partial charge in [0, 0.05) is 31.4 Å². The van der Waals surface area contributed by atoms with E-state index in [9.17, 15) is 4.79 Å². The van der Waals surface area contributed by atoms with E-state index in [1.807, 2.05) is 47.9 Å². The summed E-state index contributed by atoms with van der Waals surface area (Å²) in [6.07, 6.45) is 0. The first-order valence-electron chi connectivity index (χ1n) is 7.51. The molecule has 2 heterocycles. The second-order valence-electron chi connectivity index (χ2n) is 5.64. The molecule has 1 aliphatic rings. The highest BCUT2D eigenvalue weighted by Crippen LogP contribution is 2.17. The Kier molecular flexibility index (Phi) is 4.04. The first kappa shape index (κ1) is 14.5. The van der Waals surface area contributed by atoms with Gasteiger partial charge in [0.05, 0.1) is 6.54 Å². The molecular formula is C17H20N4O. The summed E-state index contributed by atoms with van der Waals surface area (Å²) >= 11 is 0. The fourth-order valence-electron chi connectivity index (χ4n) is 2.73. The number of benzene rings is 1. The van der Waals surface area contributed by atoms with E-state index in [1.54, 1.807) is 0 Å². The fraction of sp³-hybridized carbons (Fsp3) is 0.353. The molecule has 0 bridgehead atoms. The van der Waals surface area contributed by atoms with Crippen LogP contribution in [0.1, 0.15) is 17.1 Å². The number of aryl methyl sites for hydroxylation is 2. The number of carbonyl (C=O) groups is 1. The highest BCUT2D eigenvalue weighted by atomic mass is 16.2. The third-order valence-corrected chi connectivity index (χ3v) is 3.81. The molecule has 0 saturated carbocycles. The van der Waals surface area contributed by atoms with Crippen LogP contribution in [-0.4, -0.2) is 40.4 Å². The number of nitrogens with zero attached hydrogens (tertiary/aromatic N) is 4. The van der Waals surface area contributed by atoms with Crippen molar-refractivity contribution in [2.45, 2.75) is 20.4 Å². The topological polar surface area (TPSA) is 49.3 Å². The standard InChI is InChI=1S/C17H20N4O/c1-13-10-16(19-14(2)18-13)20-8-9-21(17(22)12-20)11-15-6-4-3-5-7-15/h3-7,10H,8-9,11-12H2,1-2H3. The molecule has 5 heteroatoms. The van der Waals surface area contributed by atoms with E-state index < -0.39 is 0 Å². The first-order chi connectivity index (χ1) is 10.6. The predicted octanol–water partition coefficient (Wildman–Crippen LogP) is 1.94. The minimum atomic E-state index is 0.143. The largest absolute Gasteiger partial charge is 0.345 e. The number of piperazine rings is 1. The summed E-state index contributed by atoms with van der Waals surface area (Å²) in [5, 5.41) is 0. The Morgan fingerprint density at radius 3 is 2.55 bits per heavy atom. The van der Waals surface area contributed by atoms with Gasteiger partial charge in [-0.1, -0.05) is 30.3 Å². The van der Waals surface area contributed by atoms with Crippen molar-refractivity contribution in [2.75, 3.05) is 24.5 Å². The van der Waals surface area contributed by atoms with Gasteiger partial charge in [-0.15, -0.1) is 0 Å². The average molecular weight is 296 g/mol. The monoisotopic (exact) mass is 296 g/mol. The molecule has 1 aromatic heterocycles. The highest BCUT2D eigenvalue weighted by molar-refractivity contribution is 5.82. The third kappa shape index (κ3) is 3.24. The Morgan fingerprint density at radius 1 is 1.09 bits per heavy atom. The lowest BCUT2D eigenvalue weighted by atomic mass is 10.2. The molecule has 0 radical (unpaired) electrons. The van der Waals surface area contributed by atoms with E-state index in [0.717, 1.165) is 36.0 Å². The van der Waals surface area contributed by atoms with Gasteiger partial charge < -0.3 is 9.80 Å². The van der Waals surface area contributed by atoms with Crippen molar-refractivity contribution in [3.63, 3.8) is 0 Å².